The Balaban J connectivity index is 2.26. The summed E-state index contributed by atoms with van der Waals surface area (Å²) in [6, 6.07) is 5.16. The monoisotopic (exact) mass is 221 g/mol. The van der Waals surface area contributed by atoms with Gasteiger partial charge in [-0.3, -0.25) is 4.90 Å². The SMILES string of the molecule is CN(C(=O)n1ncnn1)c1cccc(F)c1. The highest BCUT2D eigenvalue weighted by Gasteiger charge is 2.14. The summed E-state index contributed by atoms with van der Waals surface area (Å²) in [6.07, 6.45) is 1.15. The Kier molecular flexibility index (Phi) is 2.59. The van der Waals surface area contributed by atoms with Crippen molar-refractivity contribution >= 4 is 11.7 Å². The van der Waals surface area contributed by atoms with Gasteiger partial charge < -0.3 is 0 Å². The second kappa shape index (κ2) is 4.05. The molecule has 7 heteroatoms. The minimum absolute atomic E-state index is 0.413. The molecule has 1 heterocycles. The van der Waals surface area contributed by atoms with Crippen LogP contribution in [0.3, 0.4) is 0 Å². The van der Waals surface area contributed by atoms with Crippen molar-refractivity contribution in [2.75, 3.05) is 11.9 Å². The Hall–Kier alpha value is -2.31. The highest BCUT2D eigenvalue weighted by Crippen LogP contribution is 2.14. The Morgan fingerprint density at radius 1 is 1.50 bits per heavy atom. The second-order valence-corrected chi connectivity index (χ2v) is 3.05. The van der Waals surface area contributed by atoms with Crippen LogP contribution < -0.4 is 4.90 Å². The fourth-order valence-corrected chi connectivity index (χ4v) is 1.18. The molecule has 0 fully saturated rings. The fraction of sp³-hybridized carbons (Fsp3) is 0.111. The molecule has 0 aliphatic rings. The molecule has 16 heavy (non-hydrogen) atoms. The number of benzene rings is 1. The number of rotatable bonds is 1. The van der Waals surface area contributed by atoms with E-state index in [0.29, 0.717) is 5.69 Å². The van der Waals surface area contributed by atoms with Gasteiger partial charge in [-0.15, -0.1) is 10.2 Å². The summed E-state index contributed by atoms with van der Waals surface area (Å²) in [6.45, 7) is 0. The average Bonchev–Trinajstić information content (AvgIpc) is 2.80. The summed E-state index contributed by atoms with van der Waals surface area (Å²) in [5.41, 5.74) is 0.419. The van der Waals surface area contributed by atoms with E-state index >= 15 is 0 Å². The number of hydrogen-bond donors (Lipinski definition) is 0. The van der Waals surface area contributed by atoms with E-state index in [4.69, 9.17) is 0 Å². The molecule has 2 aromatic rings. The maximum Gasteiger partial charge on any atom is 0.367 e. The lowest BCUT2D eigenvalue weighted by molar-refractivity contribution is 0.242. The van der Waals surface area contributed by atoms with Crippen molar-refractivity contribution in [2.24, 2.45) is 0 Å². The summed E-state index contributed by atoms with van der Waals surface area (Å²) in [7, 11) is 1.50. The van der Waals surface area contributed by atoms with E-state index in [-0.39, 0.29) is 0 Å². The molecule has 0 aliphatic carbocycles. The van der Waals surface area contributed by atoms with Gasteiger partial charge in [0.05, 0.1) is 0 Å². The Labute approximate surface area is 90.3 Å². The van der Waals surface area contributed by atoms with Crippen LogP contribution in [0.25, 0.3) is 0 Å². The second-order valence-electron chi connectivity index (χ2n) is 3.05. The van der Waals surface area contributed by atoms with Crippen LogP contribution in [-0.2, 0) is 0 Å². The number of carbonyl (C=O) groups excluding carboxylic acids is 1. The van der Waals surface area contributed by atoms with Gasteiger partial charge in [0.1, 0.15) is 5.82 Å². The predicted molar refractivity (Wildman–Crippen MR) is 53.4 cm³/mol. The molecule has 0 bridgehead atoms. The first kappa shape index (κ1) is 10.2. The maximum atomic E-state index is 12.9. The quantitative estimate of drug-likeness (QED) is 0.718. The molecule has 1 aromatic heterocycles. The van der Waals surface area contributed by atoms with Gasteiger partial charge in [0.2, 0.25) is 0 Å². The zero-order chi connectivity index (χ0) is 11.5. The topological polar surface area (TPSA) is 63.9 Å². The minimum atomic E-state index is -0.511. The summed E-state index contributed by atoms with van der Waals surface area (Å²) >= 11 is 0. The van der Waals surface area contributed by atoms with Crippen LogP contribution in [0.2, 0.25) is 0 Å². The molecule has 0 atom stereocenters. The first-order valence-electron chi connectivity index (χ1n) is 4.45. The molecule has 0 spiro atoms. The smallest absolute Gasteiger partial charge is 0.294 e. The van der Waals surface area contributed by atoms with Gasteiger partial charge in [-0.25, -0.2) is 9.18 Å². The van der Waals surface area contributed by atoms with Crippen molar-refractivity contribution in [2.45, 2.75) is 0 Å². The van der Waals surface area contributed by atoms with E-state index < -0.39 is 11.8 Å². The molecule has 0 radical (unpaired) electrons. The number of amides is 1. The highest BCUT2D eigenvalue weighted by molar-refractivity contribution is 5.91. The molecule has 0 unspecified atom stereocenters. The highest BCUT2D eigenvalue weighted by atomic mass is 19.1. The summed E-state index contributed by atoms with van der Waals surface area (Å²) in [5.74, 6) is -0.413. The van der Waals surface area contributed by atoms with Gasteiger partial charge in [-0.2, -0.15) is 0 Å². The van der Waals surface area contributed by atoms with E-state index in [2.05, 4.69) is 15.4 Å². The van der Waals surface area contributed by atoms with Gasteiger partial charge in [0.25, 0.3) is 0 Å². The zero-order valence-electron chi connectivity index (χ0n) is 8.41. The zero-order valence-corrected chi connectivity index (χ0v) is 8.41. The molecular formula is C9H8FN5O. The van der Waals surface area contributed by atoms with Crippen LogP contribution in [0.4, 0.5) is 14.9 Å². The van der Waals surface area contributed by atoms with E-state index in [1.54, 1.807) is 6.07 Å². The van der Waals surface area contributed by atoms with Gasteiger partial charge >= 0.3 is 6.03 Å². The Morgan fingerprint density at radius 2 is 2.31 bits per heavy atom. The third kappa shape index (κ3) is 1.88. The summed E-state index contributed by atoms with van der Waals surface area (Å²) in [4.78, 5) is 13.8. The van der Waals surface area contributed by atoms with E-state index in [1.165, 1.54) is 30.1 Å². The van der Waals surface area contributed by atoms with Crippen molar-refractivity contribution in [1.82, 2.24) is 20.2 Å². The molecule has 1 amide bonds. The van der Waals surface area contributed by atoms with Gasteiger partial charge in [-0.05, 0) is 23.4 Å². The van der Waals surface area contributed by atoms with E-state index in [9.17, 15) is 9.18 Å². The molecule has 0 saturated carbocycles. The molecule has 0 aliphatic heterocycles. The third-order valence-electron chi connectivity index (χ3n) is 2.00. The van der Waals surface area contributed by atoms with Crippen molar-refractivity contribution in [3.63, 3.8) is 0 Å². The van der Waals surface area contributed by atoms with Crippen LogP contribution >= 0.6 is 0 Å². The number of anilines is 1. The van der Waals surface area contributed by atoms with Gasteiger partial charge in [-0.1, -0.05) is 10.9 Å². The number of aromatic nitrogens is 4. The van der Waals surface area contributed by atoms with E-state index in [0.717, 1.165) is 11.1 Å². The molecule has 0 N–H and O–H groups in total. The number of tetrazole rings is 1. The number of halogens is 1. The molecule has 0 saturated heterocycles. The minimum Gasteiger partial charge on any atom is -0.294 e. The van der Waals surface area contributed by atoms with Crippen LogP contribution in [0, 0.1) is 5.82 Å². The van der Waals surface area contributed by atoms with Crippen molar-refractivity contribution in [3.8, 4) is 0 Å². The molecule has 82 valence electrons. The van der Waals surface area contributed by atoms with Crippen LogP contribution in [-0.4, -0.2) is 33.3 Å². The number of carbonyl (C=O) groups is 1. The van der Waals surface area contributed by atoms with Gasteiger partial charge in [0, 0.05) is 12.7 Å². The standard InChI is InChI=1S/C9H8FN5O/c1-14(8-4-2-3-7(10)5-8)9(16)15-12-6-11-13-15/h2-6H,1H3. The molecule has 6 nitrogen and oxygen atoms in total. The molecular weight excluding hydrogens is 213 g/mol. The Morgan fingerprint density at radius 3 is 2.94 bits per heavy atom. The fourth-order valence-electron chi connectivity index (χ4n) is 1.18. The maximum absolute atomic E-state index is 12.9. The van der Waals surface area contributed by atoms with E-state index in [1.807, 2.05) is 0 Å². The van der Waals surface area contributed by atoms with Crippen LogP contribution in [0.5, 0.6) is 0 Å². The summed E-state index contributed by atoms with van der Waals surface area (Å²) < 4.78 is 12.9. The first-order valence-corrected chi connectivity index (χ1v) is 4.45. The third-order valence-corrected chi connectivity index (χ3v) is 2.00. The van der Waals surface area contributed by atoms with Crippen molar-refractivity contribution in [3.05, 3.63) is 36.4 Å². The van der Waals surface area contributed by atoms with Crippen LogP contribution in [0.1, 0.15) is 0 Å². The number of nitrogens with zero attached hydrogens (tertiary/aromatic N) is 5. The molecule has 2 rings (SSSR count). The van der Waals surface area contributed by atoms with Crippen molar-refractivity contribution in [1.29, 1.82) is 0 Å². The Bertz CT molecular complexity index is 498. The molecule has 1 aromatic carbocycles. The first-order chi connectivity index (χ1) is 7.68. The summed E-state index contributed by atoms with van der Waals surface area (Å²) in [5, 5.41) is 10.5. The lowest BCUT2D eigenvalue weighted by atomic mass is 10.3. The predicted octanol–water partition coefficient (Wildman–Crippen LogP) is 0.917. The number of hydrogen-bond acceptors (Lipinski definition) is 4. The lowest BCUT2D eigenvalue weighted by Gasteiger charge is -2.15. The van der Waals surface area contributed by atoms with Gasteiger partial charge in [0.15, 0.2) is 6.33 Å². The lowest BCUT2D eigenvalue weighted by Crippen LogP contribution is -2.32. The average molecular weight is 221 g/mol. The largest absolute Gasteiger partial charge is 0.367 e. The van der Waals surface area contributed by atoms with Crippen molar-refractivity contribution < 1.29 is 9.18 Å². The van der Waals surface area contributed by atoms with Crippen LogP contribution in [0.15, 0.2) is 30.6 Å². The normalized spacial score (nSPS) is 10.1.